The molecule has 0 saturated heterocycles. The molecular weight excluding hydrogens is 368 g/mol. The monoisotopic (exact) mass is 390 g/mol. The van der Waals surface area contributed by atoms with Gasteiger partial charge in [0.25, 0.3) is 5.91 Å². The van der Waals surface area contributed by atoms with Crippen molar-refractivity contribution in [3.63, 3.8) is 0 Å². The van der Waals surface area contributed by atoms with Crippen molar-refractivity contribution < 1.29 is 14.3 Å². The van der Waals surface area contributed by atoms with Gasteiger partial charge in [0.1, 0.15) is 17.2 Å². The summed E-state index contributed by atoms with van der Waals surface area (Å²) in [6.07, 6.45) is 4.08. The minimum Gasteiger partial charge on any atom is -0.497 e. The summed E-state index contributed by atoms with van der Waals surface area (Å²) >= 11 is 0. The molecule has 3 aromatic rings. The van der Waals surface area contributed by atoms with Crippen LogP contribution >= 0.6 is 0 Å². The van der Waals surface area contributed by atoms with Crippen molar-refractivity contribution in [2.75, 3.05) is 24.4 Å². The van der Waals surface area contributed by atoms with E-state index in [-0.39, 0.29) is 17.6 Å². The summed E-state index contributed by atoms with van der Waals surface area (Å²) in [6, 6.07) is 13.7. The third kappa shape index (κ3) is 3.59. The summed E-state index contributed by atoms with van der Waals surface area (Å²) in [6.45, 7) is 2.15. The number of methoxy groups -OCH3 is 2. The van der Waals surface area contributed by atoms with Crippen LogP contribution in [0.15, 0.2) is 54.9 Å². The molecule has 2 heterocycles. The second-order valence-corrected chi connectivity index (χ2v) is 6.83. The van der Waals surface area contributed by atoms with E-state index in [1.165, 1.54) is 11.8 Å². The first-order valence-corrected chi connectivity index (χ1v) is 9.33. The highest BCUT2D eigenvalue weighted by atomic mass is 16.5. The number of nitrogens with one attached hydrogen (secondary N) is 1. The van der Waals surface area contributed by atoms with E-state index >= 15 is 0 Å². The number of rotatable bonds is 5. The molecule has 7 heteroatoms. The van der Waals surface area contributed by atoms with Crippen molar-refractivity contribution in [3.05, 3.63) is 66.1 Å². The molecule has 1 aliphatic heterocycles. The molecule has 0 radical (unpaired) electrons. The summed E-state index contributed by atoms with van der Waals surface area (Å²) in [4.78, 5) is 23.6. The Kier molecular flexibility index (Phi) is 5.03. The third-order valence-corrected chi connectivity index (χ3v) is 4.98. The second kappa shape index (κ2) is 7.79. The fraction of sp³-hybridized carbons (Fsp3) is 0.227. The number of carbonyl (C=O) groups excluding carboxylic acids is 1. The van der Waals surface area contributed by atoms with E-state index in [1.54, 1.807) is 38.6 Å². The Hall–Kier alpha value is -3.61. The van der Waals surface area contributed by atoms with E-state index in [4.69, 9.17) is 9.47 Å². The molecule has 4 rings (SSSR count). The van der Waals surface area contributed by atoms with Crippen LogP contribution in [-0.2, 0) is 6.42 Å². The van der Waals surface area contributed by atoms with Crippen LogP contribution in [0.3, 0.4) is 0 Å². The Balaban J connectivity index is 1.55. The van der Waals surface area contributed by atoms with Crippen LogP contribution in [0.2, 0.25) is 0 Å². The molecule has 1 unspecified atom stereocenters. The number of amides is 1. The smallest absolute Gasteiger partial charge is 0.275 e. The molecule has 1 amide bonds. The minimum atomic E-state index is -0.370. The van der Waals surface area contributed by atoms with Gasteiger partial charge in [0.05, 0.1) is 32.3 Å². The summed E-state index contributed by atoms with van der Waals surface area (Å²) in [5.41, 5.74) is 3.14. The van der Waals surface area contributed by atoms with Gasteiger partial charge in [0.15, 0.2) is 5.82 Å². The van der Waals surface area contributed by atoms with Crippen LogP contribution in [0.25, 0.3) is 0 Å². The van der Waals surface area contributed by atoms with Gasteiger partial charge in [-0.3, -0.25) is 4.79 Å². The van der Waals surface area contributed by atoms with Crippen LogP contribution in [0.5, 0.6) is 11.5 Å². The lowest BCUT2D eigenvalue weighted by atomic mass is 10.1. The third-order valence-electron chi connectivity index (χ3n) is 4.98. The van der Waals surface area contributed by atoms with E-state index in [0.29, 0.717) is 17.2 Å². The number of benzene rings is 2. The molecule has 29 heavy (non-hydrogen) atoms. The fourth-order valence-electron chi connectivity index (χ4n) is 3.58. The Labute approximate surface area is 169 Å². The molecule has 0 fully saturated rings. The van der Waals surface area contributed by atoms with Gasteiger partial charge in [0.2, 0.25) is 0 Å². The fourth-order valence-corrected chi connectivity index (χ4v) is 3.58. The van der Waals surface area contributed by atoms with E-state index < -0.39 is 0 Å². The molecule has 1 aromatic heterocycles. The number of ether oxygens (including phenoxy) is 2. The van der Waals surface area contributed by atoms with Crippen molar-refractivity contribution >= 4 is 23.1 Å². The zero-order chi connectivity index (χ0) is 20.4. The predicted molar refractivity (Wildman–Crippen MR) is 111 cm³/mol. The SMILES string of the molecule is COc1ccc(OC)c(NC(=O)c2cnc(N3c4ccccc4CC3C)cn2)c1. The molecule has 0 aliphatic carbocycles. The van der Waals surface area contributed by atoms with Crippen molar-refractivity contribution in [2.45, 2.75) is 19.4 Å². The van der Waals surface area contributed by atoms with Gasteiger partial charge in [-0.25, -0.2) is 9.97 Å². The molecule has 7 nitrogen and oxygen atoms in total. The number of aromatic nitrogens is 2. The second-order valence-electron chi connectivity index (χ2n) is 6.83. The quantitative estimate of drug-likeness (QED) is 0.714. The molecule has 2 aromatic carbocycles. The minimum absolute atomic E-state index is 0.221. The number of para-hydroxylation sites is 1. The average molecular weight is 390 g/mol. The van der Waals surface area contributed by atoms with Crippen LogP contribution in [-0.4, -0.2) is 36.1 Å². The van der Waals surface area contributed by atoms with E-state index in [9.17, 15) is 4.79 Å². The highest BCUT2D eigenvalue weighted by molar-refractivity contribution is 6.03. The zero-order valence-electron chi connectivity index (χ0n) is 16.5. The summed E-state index contributed by atoms with van der Waals surface area (Å²) < 4.78 is 10.5. The maximum Gasteiger partial charge on any atom is 0.275 e. The Morgan fingerprint density at radius 3 is 2.66 bits per heavy atom. The Morgan fingerprint density at radius 2 is 1.93 bits per heavy atom. The standard InChI is InChI=1S/C22H22N4O3/c1-14-10-15-6-4-5-7-19(15)26(14)21-13-23-18(12-24-21)22(27)25-17-11-16(28-2)8-9-20(17)29-3/h4-9,11-14H,10H2,1-3H3,(H,25,27). The number of carbonyl (C=O) groups is 1. The van der Waals surface area contributed by atoms with Crippen molar-refractivity contribution in [2.24, 2.45) is 0 Å². The summed E-state index contributed by atoms with van der Waals surface area (Å²) in [5.74, 6) is 1.50. The number of fused-ring (bicyclic) bond motifs is 1. The lowest BCUT2D eigenvalue weighted by molar-refractivity contribution is 0.102. The molecule has 148 valence electrons. The van der Waals surface area contributed by atoms with Crippen LogP contribution in [0.1, 0.15) is 23.0 Å². The number of hydrogen-bond donors (Lipinski definition) is 1. The van der Waals surface area contributed by atoms with Crippen molar-refractivity contribution in [3.8, 4) is 11.5 Å². The first-order valence-electron chi connectivity index (χ1n) is 9.33. The van der Waals surface area contributed by atoms with Crippen LogP contribution in [0.4, 0.5) is 17.2 Å². The van der Waals surface area contributed by atoms with Gasteiger partial charge in [-0.2, -0.15) is 0 Å². The van der Waals surface area contributed by atoms with Crippen LogP contribution < -0.4 is 19.7 Å². The van der Waals surface area contributed by atoms with Gasteiger partial charge in [-0.15, -0.1) is 0 Å². The lowest BCUT2D eigenvalue weighted by Gasteiger charge is -2.23. The van der Waals surface area contributed by atoms with Gasteiger partial charge >= 0.3 is 0 Å². The molecule has 1 N–H and O–H groups in total. The molecule has 1 aliphatic rings. The average Bonchev–Trinajstić information content (AvgIpc) is 3.09. The normalized spacial score (nSPS) is 15.0. The van der Waals surface area contributed by atoms with Crippen molar-refractivity contribution in [1.82, 2.24) is 9.97 Å². The number of hydrogen-bond acceptors (Lipinski definition) is 6. The van der Waals surface area contributed by atoms with Gasteiger partial charge in [0, 0.05) is 17.8 Å². The Bertz CT molecular complexity index is 1040. The highest BCUT2D eigenvalue weighted by Gasteiger charge is 2.28. The van der Waals surface area contributed by atoms with E-state index in [0.717, 1.165) is 17.9 Å². The summed E-state index contributed by atoms with van der Waals surface area (Å²) in [7, 11) is 3.11. The molecular formula is C22H22N4O3. The highest BCUT2D eigenvalue weighted by Crippen LogP contribution is 2.36. The maximum atomic E-state index is 12.7. The number of nitrogens with zero attached hydrogens (tertiary/aromatic N) is 3. The number of anilines is 3. The van der Waals surface area contributed by atoms with Gasteiger partial charge in [-0.1, -0.05) is 18.2 Å². The van der Waals surface area contributed by atoms with Crippen LogP contribution in [0, 0.1) is 0 Å². The Morgan fingerprint density at radius 1 is 1.10 bits per heavy atom. The maximum absolute atomic E-state index is 12.7. The topological polar surface area (TPSA) is 76.6 Å². The molecule has 0 spiro atoms. The first kappa shape index (κ1) is 18.7. The molecule has 0 bridgehead atoms. The van der Waals surface area contributed by atoms with E-state index in [1.807, 2.05) is 12.1 Å². The van der Waals surface area contributed by atoms with Crippen molar-refractivity contribution in [1.29, 1.82) is 0 Å². The van der Waals surface area contributed by atoms with E-state index in [2.05, 4.69) is 39.2 Å². The van der Waals surface area contributed by atoms with Gasteiger partial charge in [-0.05, 0) is 37.1 Å². The zero-order valence-corrected chi connectivity index (χ0v) is 16.5. The van der Waals surface area contributed by atoms with Gasteiger partial charge < -0.3 is 19.7 Å². The molecule has 1 atom stereocenters. The lowest BCUT2D eigenvalue weighted by Crippen LogP contribution is -2.25. The largest absolute Gasteiger partial charge is 0.497 e. The summed E-state index contributed by atoms with van der Waals surface area (Å²) in [5, 5.41) is 2.81. The first-order chi connectivity index (χ1) is 14.1. The molecule has 0 saturated carbocycles. The predicted octanol–water partition coefficient (Wildman–Crippen LogP) is 3.83.